The van der Waals surface area contributed by atoms with E-state index in [1.807, 2.05) is 42.5 Å². The highest BCUT2D eigenvalue weighted by Crippen LogP contribution is 2.21. The van der Waals surface area contributed by atoms with Crippen molar-refractivity contribution in [2.75, 3.05) is 5.43 Å². The summed E-state index contributed by atoms with van der Waals surface area (Å²) in [5, 5.41) is 7.41. The van der Waals surface area contributed by atoms with Gasteiger partial charge in [0, 0.05) is 5.56 Å². The van der Waals surface area contributed by atoms with Crippen molar-refractivity contribution in [3.8, 4) is 11.3 Å². The zero-order valence-electron chi connectivity index (χ0n) is 9.65. The Bertz CT molecular complexity index is 601. The van der Waals surface area contributed by atoms with Gasteiger partial charge in [0.15, 0.2) is 0 Å². The maximum Gasteiger partial charge on any atom is 0.138 e. The molecule has 3 rings (SSSR count). The second-order valence-corrected chi connectivity index (χ2v) is 3.84. The van der Waals surface area contributed by atoms with E-state index in [4.69, 9.17) is 4.42 Å². The Hall–Kier alpha value is -2.56. The van der Waals surface area contributed by atoms with E-state index < -0.39 is 0 Å². The average molecular weight is 240 g/mol. The van der Waals surface area contributed by atoms with Gasteiger partial charge in [-0.05, 0) is 12.1 Å². The molecule has 2 heterocycles. The lowest BCUT2D eigenvalue weighted by Gasteiger charge is -2.02. The number of rotatable bonds is 4. The van der Waals surface area contributed by atoms with Crippen molar-refractivity contribution in [1.82, 2.24) is 14.9 Å². The van der Waals surface area contributed by atoms with E-state index >= 15 is 0 Å². The molecule has 0 radical (unpaired) electrons. The summed E-state index contributed by atoms with van der Waals surface area (Å²) in [6.45, 7) is 0.588. The zero-order valence-corrected chi connectivity index (χ0v) is 9.65. The fourth-order valence-electron chi connectivity index (χ4n) is 1.68. The third kappa shape index (κ3) is 2.24. The molecule has 0 spiro atoms. The first kappa shape index (κ1) is 10.6. The van der Waals surface area contributed by atoms with Gasteiger partial charge >= 0.3 is 0 Å². The van der Waals surface area contributed by atoms with Crippen LogP contribution in [0, 0.1) is 0 Å². The molecular formula is C13H12N4O. The molecular weight excluding hydrogens is 228 g/mol. The predicted octanol–water partition coefficient (Wildman–Crippen LogP) is 2.28. The van der Waals surface area contributed by atoms with Crippen LogP contribution in [0.3, 0.4) is 0 Å². The van der Waals surface area contributed by atoms with E-state index in [9.17, 15) is 0 Å². The minimum atomic E-state index is 0.588. The second-order valence-electron chi connectivity index (χ2n) is 3.84. The SMILES string of the molecule is c1ccc(-c2ccc(CNn3cnnc3)o2)cc1. The molecule has 18 heavy (non-hydrogen) atoms. The molecule has 0 bridgehead atoms. The van der Waals surface area contributed by atoms with E-state index in [0.717, 1.165) is 17.1 Å². The normalized spacial score (nSPS) is 10.4. The molecule has 0 aliphatic rings. The fraction of sp³-hybridized carbons (Fsp3) is 0.0769. The first-order valence-corrected chi connectivity index (χ1v) is 5.64. The quantitative estimate of drug-likeness (QED) is 0.760. The Kier molecular flexibility index (Phi) is 2.79. The maximum atomic E-state index is 5.75. The standard InChI is InChI=1S/C13H12N4O/c1-2-4-11(5-3-1)13-7-6-12(18-13)8-16-17-9-14-15-10-17/h1-7,9-10,16H,8H2. The Balaban J connectivity index is 1.70. The van der Waals surface area contributed by atoms with Gasteiger partial charge < -0.3 is 9.84 Å². The van der Waals surface area contributed by atoms with Crippen LogP contribution in [-0.2, 0) is 6.54 Å². The van der Waals surface area contributed by atoms with Crippen LogP contribution in [0.1, 0.15) is 5.76 Å². The largest absolute Gasteiger partial charge is 0.459 e. The number of nitrogens with zero attached hydrogens (tertiary/aromatic N) is 3. The Morgan fingerprint density at radius 3 is 2.56 bits per heavy atom. The van der Waals surface area contributed by atoms with Crippen LogP contribution in [0.5, 0.6) is 0 Å². The number of nitrogens with one attached hydrogen (secondary N) is 1. The molecule has 0 aliphatic heterocycles. The van der Waals surface area contributed by atoms with Gasteiger partial charge in [0.1, 0.15) is 24.2 Å². The monoisotopic (exact) mass is 240 g/mol. The summed E-state index contributed by atoms with van der Waals surface area (Å²) in [6, 6.07) is 13.9. The molecule has 0 aliphatic carbocycles. The number of furan rings is 1. The summed E-state index contributed by atoms with van der Waals surface area (Å²) in [7, 11) is 0. The Morgan fingerprint density at radius 2 is 1.78 bits per heavy atom. The summed E-state index contributed by atoms with van der Waals surface area (Å²) in [5.74, 6) is 1.73. The van der Waals surface area contributed by atoms with Crippen LogP contribution in [0.4, 0.5) is 0 Å². The van der Waals surface area contributed by atoms with Crippen LogP contribution < -0.4 is 5.43 Å². The lowest BCUT2D eigenvalue weighted by atomic mass is 10.2. The van der Waals surface area contributed by atoms with Crippen molar-refractivity contribution >= 4 is 0 Å². The molecule has 2 aromatic heterocycles. The van der Waals surface area contributed by atoms with Gasteiger partial charge in [0.05, 0.1) is 6.54 Å². The van der Waals surface area contributed by atoms with E-state index in [1.54, 1.807) is 17.3 Å². The highest BCUT2D eigenvalue weighted by Gasteiger charge is 2.03. The van der Waals surface area contributed by atoms with Gasteiger partial charge in [0.25, 0.3) is 0 Å². The number of hydrogen-bond donors (Lipinski definition) is 1. The summed E-state index contributed by atoms with van der Waals surface area (Å²) in [5.41, 5.74) is 4.18. The third-order valence-electron chi connectivity index (χ3n) is 2.57. The van der Waals surface area contributed by atoms with Gasteiger partial charge in [-0.15, -0.1) is 10.2 Å². The van der Waals surface area contributed by atoms with Crippen molar-refractivity contribution in [2.45, 2.75) is 6.54 Å². The highest BCUT2D eigenvalue weighted by molar-refractivity contribution is 5.57. The second kappa shape index (κ2) is 4.75. The van der Waals surface area contributed by atoms with Crippen LogP contribution in [-0.4, -0.2) is 14.9 Å². The molecule has 5 heteroatoms. The van der Waals surface area contributed by atoms with Crippen molar-refractivity contribution in [1.29, 1.82) is 0 Å². The van der Waals surface area contributed by atoms with Crippen LogP contribution in [0.2, 0.25) is 0 Å². The van der Waals surface area contributed by atoms with Crippen molar-refractivity contribution in [3.05, 3.63) is 60.9 Å². The smallest absolute Gasteiger partial charge is 0.138 e. The zero-order chi connectivity index (χ0) is 12.2. The Labute approximate surface area is 104 Å². The number of benzene rings is 1. The minimum absolute atomic E-state index is 0.588. The van der Waals surface area contributed by atoms with Crippen LogP contribution in [0.25, 0.3) is 11.3 Å². The van der Waals surface area contributed by atoms with Gasteiger partial charge in [-0.25, -0.2) is 4.68 Å². The van der Waals surface area contributed by atoms with Gasteiger partial charge in [0.2, 0.25) is 0 Å². The summed E-state index contributed by atoms with van der Waals surface area (Å²) in [4.78, 5) is 0. The molecule has 0 amide bonds. The van der Waals surface area contributed by atoms with Crippen molar-refractivity contribution < 1.29 is 4.42 Å². The summed E-state index contributed by atoms with van der Waals surface area (Å²) in [6.07, 6.45) is 3.20. The first-order chi connectivity index (χ1) is 8.92. The Morgan fingerprint density at radius 1 is 1.00 bits per heavy atom. The molecule has 0 unspecified atom stereocenters. The molecule has 0 atom stereocenters. The molecule has 1 N–H and O–H groups in total. The lowest BCUT2D eigenvalue weighted by molar-refractivity contribution is 0.523. The van der Waals surface area contributed by atoms with Gasteiger partial charge in [-0.3, -0.25) is 0 Å². The highest BCUT2D eigenvalue weighted by atomic mass is 16.3. The third-order valence-corrected chi connectivity index (χ3v) is 2.57. The van der Waals surface area contributed by atoms with Crippen molar-refractivity contribution in [3.63, 3.8) is 0 Å². The number of aromatic nitrogens is 3. The maximum absolute atomic E-state index is 5.75. The van der Waals surface area contributed by atoms with Gasteiger partial charge in [-0.2, -0.15) is 0 Å². The molecule has 90 valence electrons. The minimum Gasteiger partial charge on any atom is -0.459 e. The average Bonchev–Trinajstić information content (AvgIpc) is 3.09. The summed E-state index contributed by atoms with van der Waals surface area (Å²) >= 11 is 0. The molecule has 1 aromatic carbocycles. The molecule has 5 nitrogen and oxygen atoms in total. The van der Waals surface area contributed by atoms with E-state index in [2.05, 4.69) is 15.6 Å². The molecule has 3 aromatic rings. The van der Waals surface area contributed by atoms with E-state index in [1.165, 1.54) is 0 Å². The predicted molar refractivity (Wildman–Crippen MR) is 67.2 cm³/mol. The molecule has 0 saturated carbocycles. The van der Waals surface area contributed by atoms with E-state index in [0.29, 0.717) is 6.54 Å². The van der Waals surface area contributed by atoms with Crippen LogP contribution in [0.15, 0.2) is 59.5 Å². The lowest BCUT2D eigenvalue weighted by Crippen LogP contribution is -2.11. The summed E-state index contributed by atoms with van der Waals surface area (Å²) < 4.78 is 7.44. The topological polar surface area (TPSA) is 55.9 Å². The number of hydrogen-bond acceptors (Lipinski definition) is 4. The van der Waals surface area contributed by atoms with Gasteiger partial charge in [-0.1, -0.05) is 30.3 Å². The van der Waals surface area contributed by atoms with Crippen molar-refractivity contribution in [2.24, 2.45) is 0 Å². The molecule has 0 saturated heterocycles. The first-order valence-electron chi connectivity index (χ1n) is 5.64. The van der Waals surface area contributed by atoms with Crippen LogP contribution >= 0.6 is 0 Å². The fourth-order valence-corrected chi connectivity index (χ4v) is 1.68. The van der Waals surface area contributed by atoms with E-state index in [-0.39, 0.29) is 0 Å². The molecule has 0 fully saturated rings.